The molecule has 3 aromatic carbocycles. The summed E-state index contributed by atoms with van der Waals surface area (Å²) in [5.41, 5.74) is 7.41. The standard InChI is InChI=1S/C25H25N3O4/c1-18(32-22-14-12-20(13-15-22)19-8-4-2-5-9-19)25(31)28-27-24(30)17-16-23(29)26-21-10-6-3-7-11-21/h2-15,18H,16-17H2,1H3,(H,26,29)(H,27,30)(H,28,31). The Hall–Kier alpha value is -4.13. The monoisotopic (exact) mass is 431 g/mol. The molecule has 3 aromatic rings. The summed E-state index contributed by atoms with van der Waals surface area (Å²) in [5.74, 6) is -0.718. The summed E-state index contributed by atoms with van der Waals surface area (Å²) in [6.07, 6.45) is -0.884. The maximum Gasteiger partial charge on any atom is 0.279 e. The fourth-order valence-corrected chi connectivity index (χ4v) is 2.88. The molecule has 1 atom stereocenters. The summed E-state index contributed by atoms with van der Waals surface area (Å²) in [7, 11) is 0. The average Bonchev–Trinajstić information content (AvgIpc) is 2.83. The lowest BCUT2D eigenvalue weighted by molar-refractivity contribution is -0.133. The minimum Gasteiger partial charge on any atom is -0.481 e. The molecule has 0 aromatic heterocycles. The molecule has 3 N–H and O–H groups in total. The normalized spacial score (nSPS) is 11.2. The van der Waals surface area contributed by atoms with Crippen molar-refractivity contribution in [3.63, 3.8) is 0 Å². The van der Waals surface area contributed by atoms with E-state index < -0.39 is 17.9 Å². The van der Waals surface area contributed by atoms with Gasteiger partial charge in [-0.2, -0.15) is 0 Å². The van der Waals surface area contributed by atoms with Crippen molar-refractivity contribution in [2.24, 2.45) is 0 Å². The van der Waals surface area contributed by atoms with Gasteiger partial charge in [0.25, 0.3) is 5.91 Å². The number of hydrazine groups is 1. The van der Waals surface area contributed by atoms with Gasteiger partial charge >= 0.3 is 0 Å². The van der Waals surface area contributed by atoms with Crippen LogP contribution in [0.15, 0.2) is 84.9 Å². The van der Waals surface area contributed by atoms with Crippen molar-refractivity contribution >= 4 is 23.4 Å². The van der Waals surface area contributed by atoms with E-state index in [1.807, 2.05) is 48.5 Å². The summed E-state index contributed by atoms with van der Waals surface area (Å²) in [4.78, 5) is 36.0. The minimum absolute atomic E-state index is 0.00356. The fraction of sp³-hybridized carbons (Fsp3) is 0.160. The van der Waals surface area contributed by atoms with E-state index in [4.69, 9.17) is 4.74 Å². The van der Waals surface area contributed by atoms with Gasteiger partial charge in [-0.1, -0.05) is 60.7 Å². The van der Waals surface area contributed by atoms with E-state index >= 15 is 0 Å². The molecular formula is C25H25N3O4. The van der Waals surface area contributed by atoms with Crippen LogP contribution < -0.4 is 20.9 Å². The largest absolute Gasteiger partial charge is 0.481 e. The molecule has 0 saturated heterocycles. The van der Waals surface area contributed by atoms with Crippen molar-refractivity contribution in [3.05, 3.63) is 84.9 Å². The van der Waals surface area contributed by atoms with E-state index in [9.17, 15) is 14.4 Å². The number of benzene rings is 3. The van der Waals surface area contributed by atoms with Crippen LogP contribution >= 0.6 is 0 Å². The van der Waals surface area contributed by atoms with Crippen LogP contribution in [0, 0.1) is 0 Å². The van der Waals surface area contributed by atoms with Crippen LogP contribution in [-0.2, 0) is 14.4 Å². The molecule has 0 bridgehead atoms. The minimum atomic E-state index is -0.820. The molecule has 0 fully saturated rings. The molecule has 7 heteroatoms. The summed E-state index contributed by atoms with van der Waals surface area (Å²) < 4.78 is 5.64. The van der Waals surface area contributed by atoms with Gasteiger partial charge in [-0.05, 0) is 42.3 Å². The van der Waals surface area contributed by atoms with Gasteiger partial charge in [0.2, 0.25) is 11.8 Å². The number of anilines is 1. The molecule has 0 aliphatic rings. The Labute approximate surface area is 186 Å². The van der Waals surface area contributed by atoms with Crippen LogP contribution in [0.4, 0.5) is 5.69 Å². The summed E-state index contributed by atoms with van der Waals surface area (Å²) in [6.45, 7) is 1.58. The number of amides is 3. The zero-order valence-corrected chi connectivity index (χ0v) is 17.7. The maximum absolute atomic E-state index is 12.2. The molecule has 0 heterocycles. The molecule has 0 aliphatic heterocycles. The Morgan fingerprint density at radius 2 is 1.28 bits per heavy atom. The first kappa shape index (κ1) is 22.6. The topological polar surface area (TPSA) is 96.5 Å². The maximum atomic E-state index is 12.2. The highest BCUT2D eigenvalue weighted by Crippen LogP contribution is 2.22. The summed E-state index contributed by atoms with van der Waals surface area (Å²) in [6, 6.07) is 26.3. The Morgan fingerprint density at radius 3 is 1.94 bits per heavy atom. The van der Waals surface area contributed by atoms with Crippen LogP contribution in [0.25, 0.3) is 11.1 Å². The van der Waals surface area contributed by atoms with E-state index in [0.29, 0.717) is 11.4 Å². The van der Waals surface area contributed by atoms with E-state index in [1.165, 1.54) is 0 Å². The van der Waals surface area contributed by atoms with Gasteiger partial charge in [0.15, 0.2) is 6.10 Å². The van der Waals surface area contributed by atoms with Crippen molar-refractivity contribution in [1.82, 2.24) is 10.9 Å². The van der Waals surface area contributed by atoms with Crippen LogP contribution in [0.5, 0.6) is 5.75 Å². The Kier molecular flexibility index (Phi) is 7.97. The van der Waals surface area contributed by atoms with Crippen LogP contribution in [-0.4, -0.2) is 23.8 Å². The van der Waals surface area contributed by atoms with Crippen LogP contribution in [0.2, 0.25) is 0 Å². The number of nitrogens with one attached hydrogen (secondary N) is 3. The van der Waals surface area contributed by atoms with E-state index in [1.54, 1.807) is 43.3 Å². The molecule has 0 saturated carbocycles. The number of hydrogen-bond acceptors (Lipinski definition) is 4. The Bertz CT molecular complexity index is 1040. The number of rotatable bonds is 8. The highest BCUT2D eigenvalue weighted by Gasteiger charge is 2.16. The molecule has 0 aliphatic carbocycles. The molecule has 0 radical (unpaired) electrons. The first-order valence-electron chi connectivity index (χ1n) is 10.3. The zero-order valence-electron chi connectivity index (χ0n) is 17.7. The van der Waals surface area contributed by atoms with Crippen molar-refractivity contribution in [1.29, 1.82) is 0 Å². The van der Waals surface area contributed by atoms with Gasteiger partial charge in [-0.15, -0.1) is 0 Å². The second-order valence-electron chi connectivity index (χ2n) is 7.10. The van der Waals surface area contributed by atoms with Gasteiger partial charge in [-0.3, -0.25) is 25.2 Å². The van der Waals surface area contributed by atoms with Crippen LogP contribution in [0.1, 0.15) is 19.8 Å². The number of carbonyl (C=O) groups excluding carboxylic acids is 3. The lowest BCUT2D eigenvalue weighted by Gasteiger charge is -2.15. The molecule has 3 amide bonds. The smallest absolute Gasteiger partial charge is 0.279 e. The van der Waals surface area contributed by atoms with Gasteiger partial charge in [0, 0.05) is 18.5 Å². The first-order valence-corrected chi connectivity index (χ1v) is 10.3. The molecule has 1 unspecified atom stereocenters. The van der Waals surface area contributed by atoms with Crippen LogP contribution in [0.3, 0.4) is 0 Å². The highest BCUT2D eigenvalue weighted by atomic mass is 16.5. The zero-order chi connectivity index (χ0) is 22.8. The number of para-hydroxylation sites is 1. The third-order valence-electron chi connectivity index (χ3n) is 4.61. The van der Waals surface area contributed by atoms with Gasteiger partial charge in [0.1, 0.15) is 5.75 Å². The van der Waals surface area contributed by atoms with Gasteiger partial charge < -0.3 is 10.1 Å². The molecule has 3 rings (SSSR count). The van der Waals surface area contributed by atoms with E-state index in [-0.39, 0.29) is 18.7 Å². The predicted octanol–water partition coefficient (Wildman–Crippen LogP) is 3.69. The first-order chi connectivity index (χ1) is 15.5. The number of ether oxygens (including phenoxy) is 1. The quantitative estimate of drug-likeness (QED) is 0.474. The van der Waals surface area contributed by atoms with Crippen molar-refractivity contribution < 1.29 is 19.1 Å². The van der Waals surface area contributed by atoms with E-state index in [2.05, 4.69) is 16.2 Å². The van der Waals surface area contributed by atoms with Crippen molar-refractivity contribution in [2.45, 2.75) is 25.9 Å². The molecule has 32 heavy (non-hydrogen) atoms. The fourth-order valence-electron chi connectivity index (χ4n) is 2.88. The third kappa shape index (κ3) is 6.98. The second-order valence-corrected chi connectivity index (χ2v) is 7.10. The molecule has 164 valence electrons. The third-order valence-corrected chi connectivity index (χ3v) is 4.61. The number of carbonyl (C=O) groups is 3. The summed E-state index contributed by atoms with van der Waals surface area (Å²) >= 11 is 0. The van der Waals surface area contributed by atoms with E-state index in [0.717, 1.165) is 11.1 Å². The second kappa shape index (κ2) is 11.3. The SMILES string of the molecule is CC(Oc1ccc(-c2ccccc2)cc1)C(=O)NNC(=O)CCC(=O)Nc1ccccc1. The number of hydrogen-bond donors (Lipinski definition) is 3. The lowest BCUT2D eigenvalue weighted by Crippen LogP contribution is -2.47. The lowest BCUT2D eigenvalue weighted by atomic mass is 10.1. The average molecular weight is 431 g/mol. The van der Waals surface area contributed by atoms with Crippen molar-refractivity contribution in [3.8, 4) is 16.9 Å². The predicted molar refractivity (Wildman–Crippen MR) is 123 cm³/mol. The highest BCUT2D eigenvalue weighted by molar-refractivity contribution is 5.93. The van der Waals surface area contributed by atoms with Crippen molar-refractivity contribution in [2.75, 3.05) is 5.32 Å². The molecule has 0 spiro atoms. The summed E-state index contributed by atoms with van der Waals surface area (Å²) in [5, 5.41) is 2.70. The molecule has 7 nitrogen and oxygen atoms in total. The Balaban J connectivity index is 1.38. The van der Waals surface area contributed by atoms with Gasteiger partial charge in [-0.25, -0.2) is 0 Å². The molecular weight excluding hydrogens is 406 g/mol. The Morgan fingerprint density at radius 1 is 0.719 bits per heavy atom. The van der Waals surface area contributed by atoms with Gasteiger partial charge in [0.05, 0.1) is 0 Å².